The summed E-state index contributed by atoms with van der Waals surface area (Å²) in [4.78, 5) is 23.9. The second-order valence-electron chi connectivity index (χ2n) is 3.98. The summed E-state index contributed by atoms with van der Waals surface area (Å²) in [6.07, 6.45) is 1.90. The lowest BCUT2D eigenvalue weighted by Gasteiger charge is -2.32. The summed E-state index contributed by atoms with van der Waals surface area (Å²) in [6.45, 7) is 1.80. The maximum Gasteiger partial charge on any atom is 0.241 e. The van der Waals surface area contributed by atoms with Gasteiger partial charge in [0.25, 0.3) is 0 Å². The van der Waals surface area contributed by atoms with Crippen molar-refractivity contribution in [3.05, 3.63) is 6.07 Å². The molecule has 1 saturated heterocycles. The van der Waals surface area contributed by atoms with E-state index >= 15 is 0 Å². The van der Waals surface area contributed by atoms with E-state index in [9.17, 15) is 4.79 Å². The average molecular weight is 268 g/mol. The van der Waals surface area contributed by atoms with Gasteiger partial charge in [0.05, 0.1) is 6.54 Å². The number of hydrogen-bond acceptors (Lipinski definition) is 7. The number of thioether (sulfide) groups is 1. The maximum absolute atomic E-state index is 11.7. The smallest absolute Gasteiger partial charge is 0.241 e. The van der Waals surface area contributed by atoms with Crippen LogP contribution >= 0.6 is 11.8 Å². The lowest BCUT2D eigenvalue weighted by Crippen LogP contribution is -2.48. The fraction of sp³-hybridized carbons (Fsp3) is 0.500. The minimum Gasteiger partial charge on any atom is -0.345 e. The number of hydrogen-bond donors (Lipinski definition) is 2. The molecule has 1 aromatic rings. The van der Waals surface area contributed by atoms with Crippen LogP contribution in [0.4, 0.5) is 11.6 Å². The molecule has 0 radical (unpaired) electrons. The first-order chi connectivity index (χ1) is 8.63. The number of nitrogens with zero attached hydrogens (tertiary/aromatic N) is 4. The highest BCUT2D eigenvalue weighted by Crippen LogP contribution is 2.21. The van der Waals surface area contributed by atoms with Crippen LogP contribution < -0.4 is 16.2 Å². The van der Waals surface area contributed by atoms with Crippen molar-refractivity contribution in [1.82, 2.24) is 14.9 Å². The zero-order chi connectivity index (χ0) is 13.1. The Bertz CT molecular complexity index is 432. The normalized spacial score (nSPS) is 16.1. The molecule has 0 spiro atoms. The molecule has 1 amide bonds. The second-order valence-corrected chi connectivity index (χ2v) is 4.75. The van der Waals surface area contributed by atoms with E-state index in [0.29, 0.717) is 24.1 Å². The van der Waals surface area contributed by atoms with E-state index < -0.39 is 0 Å². The fourth-order valence-electron chi connectivity index (χ4n) is 1.69. The lowest BCUT2D eigenvalue weighted by molar-refractivity contribution is -0.129. The molecule has 0 bridgehead atoms. The summed E-state index contributed by atoms with van der Waals surface area (Å²) in [6, 6.07) is 1.75. The van der Waals surface area contributed by atoms with E-state index in [-0.39, 0.29) is 5.91 Å². The number of rotatable bonds is 3. The number of aromatic nitrogens is 2. The first-order valence-electron chi connectivity index (χ1n) is 5.52. The Morgan fingerprint density at radius 2 is 2.22 bits per heavy atom. The van der Waals surface area contributed by atoms with Gasteiger partial charge < -0.3 is 15.2 Å². The van der Waals surface area contributed by atoms with Gasteiger partial charge >= 0.3 is 0 Å². The highest BCUT2D eigenvalue weighted by Gasteiger charge is 2.22. The van der Waals surface area contributed by atoms with Gasteiger partial charge in [0.15, 0.2) is 5.16 Å². The molecule has 8 heteroatoms. The van der Waals surface area contributed by atoms with Gasteiger partial charge in [0.2, 0.25) is 5.91 Å². The summed E-state index contributed by atoms with van der Waals surface area (Å²) in [5.74, 6) is 6.75. The lowest BCUT2D eigenvalue weighted by atomic mass is 10.3. The van der Waals surface area contributed by atoms with Crippen LogP contribution in [0.2, 0.25) is 0 Å². The Morgan fingerprint density at radius 3 is 2.83 bits per heavy atom. The molecule has 1 aliphatic heterocycles. The Labute approximate surface area is 110 Å². The van der Waals surface area contributed by atoms with E-state index in [1.165, 1.54) is 11.8 Å². The predicted molar refractivity (Wildman–Crippen MR) is 71.5 cm³/mol. The first kappa shape index (κ1) is 12.9. The van der Waals surface area contributed by atoms with Gasteiger partial charge in [-0.05, 0) is 6.26 Å². The summed E-state index contributed by atoms with van der Waals surface area (Å²) >= 11 is 1.44. The van der Waals surface area contributed by atoms with Crippen LogP contribution in [0, 0.1) is 0 Å². The molecule has 7 nitrogen and oxygen atoms in total. The van der Waals surface area contributed by atoms with Crippen molar-refractivity contribution in [3.63, 3.8) is 0 Å². The summed E-state index contributed by atoms with van der Waals surface area (Å²) in [5, 5.41) is 0.631. The number of likely N-dealkylation sites (N-methyl/N-ethyl adjacent to an activating group) is 1. The largest absolute Gasteiger partial charge is 0.345 e. The molecule has 1 aliphatic rings. The summed E-state index contributed by atoms with van der Waals surface area (Å²) < 4.78 is 0. The summed E-state index contributed by atoms with van der Waals surface area (Å²) in [7, 11) is 1.81. The van der Waals surface area contributed by atoms with Crippen molar-refractivity contribution >= 4 is 29.3 Å². The number of piperazine rings is 1. The first-order valence-corrected chi connectivity index (χ1v) is 6.75. The van der Waals surface area contributed by atoms with Crippen molar-refractivity contribution in [2.75, 3.05) is 43.3 Å². The Morgan fingerprint density at radius 1 is 1.44 bits per heavy atom. The topological polar surface area (TPSA) is 87.4 Å². The van der Waals surface area contributed by atoms with Gasteiger partial charge in [-0.1, -0.05) is 11.8 Å². The molecule has 0 saturated carbocycles. The predicted octanol–water partition coefficient (Wildman–Crippen LogP) is -0.237. The zero-order valence-corrected chi connectivity index (χ0v) is 11.2. The maximum atomic E-state index is 11.7. The van der Waals surface area contributed by atoms with E-state index in [1.54, 1.807) is 18.0 Å². The monoisotopic (exact) mass is 268 g/mol. The van der Waals surface area contributed by atoms with Crippen molar-refractivity contribution in [3.8, 4) is 0 Å². The molecule has 3 N–H and O–H groups in total. The number of nitrogens with one attached hydrogen (secondary N) is 1. The van der Waals surface area contributed by atoms with Crippen LogP contribution in [0.3, 0.4) is 0 Å². The van der Waals surface area contributed by atoms with Gasteiger partial charge in [-0.15, -0.1) is 0 Å². The number of amides is 1. The van der Waals surface area contributed by atoms with E-state index in [0.717, 1.165) is 12.4 Å². The minimum atomic E-state index is 0.0906. The van der Waals surface area contributed by atoms with Gasteiger partial charge in [-0.2, -0.15) is 0 Å². The highest BCUT2D eigenvalue weighted by molar-refractivity contribution is 7.98. The van der Waals surface area contributed by atoms with Crippen LogP contribution in [-0.2, 0) is 4.79 Å². The fourth-order valence-corrected chi connectivity index (χ4v) is 2.07. The van der Waals surface area contributed by atoms with Crippen LogP contribution in [-0.4, -0.2) is 53.7 Å². The van der Waals surface area contributed by atoms with E-state index in [4.69, 9.17) is 5.84 Å². The van der Waals surface area contributed by atoms with Gasteiger partial charge in [0, 0.05) is 26.2 Å². The molecule has 2 heterocycles. The third-order valence-electron chi connectivity index (χ3n) is 2.80. The minimum absolute atomic E-state index is 0.0906. The molecule has 2 rings (SSSR count). The van der Waals surface area contributed by atoms with Crippen molar-refractivity contribution in [1.29, 1.82) is 0 Å². The number of anilines is 2. The molecule has 0 aliphatic carbocycles. The van der Waals surface area contributed by atoms with Gasteiger partial charge in [-0.3, -0.25) is 4.79 Å². The quantitative estimate of drug-likeness (QED) is 0.338. The number of hydrazine groups is 1. The molecular weight excluding hydrogens is 252 g/mol. The van der Waals surface area contributed by atoms with E-state index in [2.05, 4.69) is 15.4 Å². The van der Waals surface area contributed by atoms with Crippen LogP contribution in [0.15, 0.2) is 11.2 Å². The third-order valence-corrected chi connectivity index (χ3v) is 3.35. The van der Waals surface area contributed by atoms with Gasteiger partial charge in [0.1, 0.15) is 11.6 Å². The van der Waals surface area contributed by atoms with Crippen LogP contribution in [0.5, 0.6) is 0 Å². The molecule has 18 heavy (non-hydrogen) atoms. The number of nitrogens with two attached hydrogens (primary N) is 1. The second kappa shape index (κ2) is 5.40. The molecule has 0 unspecified atom stereocenters. The SMILES string of the molecule is CSc1nc(NN)cc(N2CCN(C)C(=O)C2)n1. The number of carbonyl (C=O) groups is 1. The van der Waals surface area contributed by atoms with Gasteiger partial charge in [-0.25, -0.2) is 15.8 Å². The zero-order valence-electron chi connectivity index (χ0n) is 10.4. The van der Waals surface area contributed by atoms with Crippen molar-refractivity contribution in [2.45, 2.75) is 5.16 Å². The molecule has 1 fully saturated rings. The Hall–Kier alpha value is -1.54. The molecular formula is C10H16N6OS. The number of carbonyl (C=O) groups excluding carboxylic acids is 1. The Balaban J connectivity index is 2.24. The molecule has 1 aromatic heterocycles. The number of nitrogen functional groups attached to an aromatic ring is 1. The molecule has 0 atom stereocenters. The van der Waals surface area contributed by atoms with Crippen molar-refractivity contribution in [2.24, 2.45) is 5.84 Å². The summed E-state index contributed by atoms with van der Waals surface area (Å²) in [5.41, 5.74) is 2.51. The highest BCUT2D eigenvalue weighted by atomic mass is 32.2. The van der Waals surface area contributed by atoms with Crippen LogP contribution in [0.1, 0.15) is 0 Å². The third kappa shape index (κ3) is 2.65. The standard InChI is InChI=1S/C10H16N6OS/c1-15-3-4-16(6-9(15)17)8-5-7(14-11)12-10(13-8)18-2/h5H,3-4,6,11H2,1-2H3,(H,12,13,14). The molecule has 98 valence electrons. The molecule has 0 aromatic carbocycles. The van der Waals surface area contributed by atoms with Crippen molar-refractivity contribution < 1.29 is 4.79 Å². The van der Waals surface area contributed by atoms with Crippen LogP contribution in [0.25, 0.3) is 0 Å². The average Bonchev–Trinajstić information content (AvgIpc) is 2.41. The Kier molecular flexibility index (Phi) is 3.87. The van der Waals surface area contributed by atoms with E-state index in [1.807, 2.05) is 11.2 Å².